The lowest BCUT2D eigenvalue weighted by Crippen LogP contribution is -2.28. The summed E-state index contributed by atoms with van der Waals surface area (Å²) in [5, 5.41) is 7.31. The first-order valence-corrected chi connectivity index (χ1v) is 19.2. The molecule has 0 bridgehead atoms. The van der Waals surface area contributed by atoms with Crippen LogP contribution in [0.2, 0.25) is 0 Å². The van der Waals surface area contributed by atoms with Crippen molar-refractivity contribution >= 4 is 6.21 Å². The van der Waals surface area contributed by atoms with E-state index in [1.807, 2.05) is 0 Å². The van der Waals surface area contributed by atoms with Gasteiger partial charge in [-0.05, 0) is 147 Å². The van der Waals surface area contributed by atoms with Crippen molar-refractivity contribution in [3.63, 3.8) is 0 Å². The average molecular weight is 616 g/mol. The molecule has 0 aromatic carbocycles. The summed E-state index contributed by atoms with van der Waals surface area (Å²) < 4.78 is 0. The van der Waals surface area contributed by atoms with Gasteiger partial charge in [-0.3, -0.25) is 0 Å². The minimum absolute atomic E-state index is 0.290. The molecule has 1 heteroatoms. The molecule has 0 heterocycles. The van der Waals surface area contributed by atoms with Gasteiger partial charge in [-0.1, -0.05) is 119 Å². The smallest absolute Gasteiger partial charge is 0.00586 e. The Labute approximate surface area is 281 Å². The zero-order valence-electron chi connectivity index (χ0n) is 29.3. The third-order valence-corrected chi connectivity index (χ3v) is 12.9. The van der Waals surface area contributed by atoms with Crippen LogP contribution in [0.4, 0.5) is 0 Å². The van der Waals surface area contributed by atoms with Crippen molar-refractivity contribution in [3.05, 3.63) is 106 Å². The van der Waals surface area contributed by atoms with Crippen LogP contribution < -0.4 is 0 Å². The predicted molar refractivity (Wildman–Crippen MR) is 199 cm³/mol. The van der Waals surface area contributed by atoms with Crippen molar-refractivity contribution < 1.29 is 0 Å². The van der Waals surface area contributed by atoms with E-state index in [-0.39, 0.29) is 0 Å². The largest absolute Gasteiger partial charge is 0.313 e. The van der Waals surface area contributed by atoms with Gasteiger partial charge in [0.1, 0.15) is 0 Å². The normalized spacial score (nSPS) is 30.8. The van der Waals surface area contributed by atoms with Crippen LogP contribution in [-0.2, 0) is 0 Å². The average Bonchev–Trinajstić information content (AvgIpc) is 3.12. The zero-order valence-corrected chi connectivity index (χ0v) is 29.3. The molecule has 0 spiro atoms. The van der Waals surface area contributed by atoms with Gasteiger partial charge in [0.05, 0.1) is 0 Å². The maximum Gasteiger partial charge on any atom is 0.00586 e. The van der Waals surface area contributed by atoms with Gasteiger partial charge in [-0.15, -0.1) is 0 Å². The van der Waals surface area contributed by atoms with Crippen LogP contribution in [0.5, 0.6) is 0 Å². The van der Waals surface area contributed by atoms with Crippen LogP contribution in [-0.4, -0.2) is 6.21 Å². The molecule has 0 amide bonds. The molecule has 0 saturated heterocycles. The Morgan fingerprint density at radius 2 is 1.59 bits per heavy atom. The van der Waals surface area contributed by atoms with Crippen molar-refractivity contribution in [1.29, 1.82) is 5.41 Å². The molecular weight excluding hydrogens is 555 g/mol. The second-order valence-corrected chi connectivity index (χ2v) is 15.8. The molecule has 6 aliphatic rings. The number of hydrogen-bond donors (Lipinski definition) is 1. The van der Waals surface area contributed by atoms with Crippen molar-refractivity contribution in [2.45, 2.75) is 124 Å². The fourth-order valence-electron chi connectivity index (χ4n) is 9.67. The summed E-state index contributed by atoms with van der Waals surface area (Å²) in [5.74, 6) is 3.98. The molecule has 46 heavy (non-hydrogen) atoms. The van der Waals surface area contributed by atoms with Gasteiger partial charge in [-0.25, -0.2) is 0 Å². The van der Waals surface area contributed by atoms with Crippen LogP contribution in [0, 0.1) is 46.3 Å². The molecule has 0 saturated carbocycles. The van der Waals surface area contributed by atoms with Gasteiger partial charge in [0.25, 0.3) is 0 Å². The summed E-state index contributed by atoms with van der Waals surface area (Å²) >= 11 is 0. The number of hydrogen-bond acceptors (Lipinski definition) is 1. The van der Waals surface area contributed by atoms with Crippen LogP contribution >= 0.6 is 0 Å². The van der Waals surface area contributed by atoms with Gasteiger partial charge < -0.3 is 5.41 Å². The Morgan fingerprint density at radius 1 is 0.804 bits per heavy atom. The first-order chi connectivity index (χ1) is 22.5. The van der Waals surface area contributed by atoms with Crippen LogP contribution in [0.3, 0.4) is 0 Å². The monoisotopic (exact) mass is 615 g/mol. The second kappa shape index (κ2) is 15.5. The van der Waals surface area contributed by atoms with Crippen molar-refractivity contribution in [1.82, 2.24) is 0 Å². The molecule has 0 aliphatic heterocycles. The Kier molecular flexibility index (Phi) is 11.2. The predicted octanol–water partition coefficient (Wildman–Crippen LogP) is 12.9. The van der Waals surface area contributed by atoms with E-state index in [0.717, 1.165) is 18.3 Å². The number of fused-ring (bicyclic) bond motifs is 2. The molecule has 0 fully saturated rings. The molecular formula is C45H61N. The van der Waals surface area contributed by atoms with E-state index in [9.17, 15) is 0 Å². The molecule has 7 atom stereocenters. The lowest BCUT2D eigenvalue weighted by Gasteiger charge is -2.40. The molecule has 6 rings (SSSR count). The fraction of sp³-hybridized carbons (Fsp3) is 0.578. The Hall–Kier alpha value is -2.67. The first-order valence-electron chi connectivity index (χ1n) is 19.2. The molecule has 246 valence electrons. The first kappa shape index (κ1) is 33.2. The molecule has 0 aromatic heterocycles. The van der Waals surface area contributed by atoms with Crippen LogP contribution in [0.15, 0.2) is 106 Å². The van der Waals surface area contributed by atoms with E-state index >= 15 is 0 Å². The SMILES string of the molecule is CCC(C)(CCCCC(C)CCC=N)C1=CCC(C2=C3C=CCCC3C(C3=CCC(C4=C5C=CCCC5CC=C4)C=C3)CC2)C=C1. The van der Waals surface area contributed by atoms with Gasteiger partial charge in [0.15, 0.2) is 0 Å². The third kappa shape index (κ3) is 7.40. The highest BCUT2D eigenvalue weighted by atomic mass is 14.4. The van der Waals surface area contributed by atoms with Crippen molar-refractivity contribution in [3.8, 4) is 0 Å². The van der Waals surface area contributed by atoms with E-state index in [4.69, 9.17) is 5.41 Å². The van der Waals surface area contributed by atoms with E-state index in [1.54, 1.807) is 39.7 Å². The summed E-state index contributed by atoms with van der Waals surface area (Å²) in [6.45, 7) is 7.26. The minimum Gasteiger partial charge on any atom is -0.313 e. The lowest BCUT2D eigenvalue weighted by atomic mass is 9.64. The van der Waals surface area contributed by atoms with Crippen LogP contribution in [0.1, 0.15) is 124 Å². The maximum absolute atomic E-state index is 7.31. The van der Waals surface area contributed by atoms with Gasteiger partial charge in [0, 0.05) is 11.8 Å². The van der Waals surface area contributed by atoms with Crippen molar-refractivity contribution in [2.75, 3.05) is 0 Å². The number of allylic oxidation sites excluding steroid dienone is 18. The highest BCUT2D eigenvalue weighted by molar-refractivity contribution is 5.52. The van der Waals surface area contributed by atoms with Gasteiger partial charge >= 0.3 is 0 Å². The molecule has 1 N–H and O–H groups in total. The summed E-state index contributed by atoms with van der Waals surface area (Å²) in [5.41, 5.74) is 10.2. The zero-order chi connectivity index (χ0) is 31.9. The number of unbranched alkanes of at least 4 members (excludes halogenated alkanes) is 1. The Balaban J connectivity index is 1.09. The summed E-state index contributed by atoms with van der Waals surface area (Å²) in [7, 11) is 0. The maximum atomic E-state index is 7.31. The highest BCUT2D eigenvalue weighted by Crippen LogP contribution is 2.49. The van der Waals surface area contributed by atoms with E-state index < -0.39 is 0 Å². The molecule has 1 nitrogen and oxygen atoms in total. The molecule has 6 aliphatic carbocycles. The highest BCUT2D eigenvalue weighted by Gasteiger charge is 2.36. The second-order valence-electron chi connectivity index (χ2n) is 15.8. The van der Waals surface area contributed by atoms with Gasteiger partial charge in [-0.2, -0.15) is 0 Å². The lowest BCUT2D eigenvalue weighted by molar-refractivity contribution is 0.330. The van der Waals surface area contributed by atoms with E-state index in [1.165, 1.54) is 96.3 Å². The molecule has 7 unspecified atom stereocenters. The van der Waals surface area contributed by atoms with Crippen molar-refractivity contribution in [2.24, 2.45) is 40.9 Å². The van der Waals surface area contributed by atoms with E-state index in [2.05, 4.69) is 93.7 Å². The summed E-state index contributed by atoms with van der Waals surface area (Å²) in [6.07, 6.45) is 51.6. The van der Waals surface area contributed by atoms with E-state index in [0.29, 0.717) is 29.1 Å². The number of rotatable bonds is 13. The topological polar surface area (TPSA) is 23.9 Å². The quantitative estimate of drug-likeness (QED) is 0.157. The minimum atomic E-state index is 0.290. The fourth-order valence-corrected chi connectivity index (χ4v) is 9.67. The van der Waals surface area contributed by atoms with Crippen LogP contribution in [0.25, 0.3) is 0 Å². The molecule has 0 aromatic rings. The Morgan fingerprint density at radius 3 is 2.35 bits per heavy atom. The standard InChI is InChI=1S/C45H61N/c1-4-45(3,31-10-9-13-33(2)14-12-32-46)38-27-25-37(26-28-38)42-30-29-41(43-18-7-8-19-44(42)43)36-23-21-35(22-24-36)40-20-11-16-34-15-5-6-17-39(34)40/h6,8,11,17,19-21,23-25,27-28,32-35,37,41,43,46H,4-5,7,9-10,12-16,18,22,26,29-31H2,1-3H3. The van der Waals surface area contributed by atoms with Gasteiger partial charge in [0.2, 0.25) is 0 Å². The third-order valence-electron chi connectivity index (χ3n) is 12.9. The Bertz CT molecular complexity index is 1380. The molecule has 0 radical (unpaired) electrons. The number of nitrogens with one attached hydrogen (secondary N) is 1. The summed E-state index contributed by atoms with van der Waals surface area (Å²) in [4.78, 5) is 0. The summed E-state index contributed by atoms with van der Waals surface area (Å²) in [6, 6.07) is 0.